The summed E-state index contributed by atoms with van der Waals surface area (Å²) in [4.78, 5) is 12.5. The summed E-state index contributed by atoms with van der Waals surface area (Å²) >= 11 is 10.0. The fraction of sp³-hybridized carbons (Fsp3) is 0.154. The maximum Gasteiger partial charge on any atom is 0.216 e. The van der Waals surface area contributed by atoms with Crippen LogP contribution in [-0.2, 0) is 19.6 Å². The van der Waals surface area contributed by atoms with E-state index < -0.39 is 17.5 Å². The molecule has 57 heavy (non-hydrogen) atoms. The number of aromatic nitrogens is 3. The molecule has 3 heterocycles. The topological polar surface area (TPSA) is 163 Å². The Balaban J connectivity index is 0.000000189. The molecular formula is C39H36Br3F3N6O6. The minimum atomic E-state index is -0.469. The van der Waals surface area contributed by atoms with Crippen molar-refractivity contribution in [1.82, 2.24) is 15.0 Å². The van der Waals surface area contributed by atoms with E-state index in [-0.39, 0.29) is 35.9 Å². The van der Waals surface area contributed by atoms with Crippen LogP contribution in [0.1, 0.15) is 16.7 Å². The number of hydrogen-bond donors (Lipinski definition) is 6. The van der Waals surface area contributed by atoms with Crippen molar-refractivity contribution in [2.75, 3.05) is 37.3 Å². The van der Waals surface area contributed by atoms with Crippen LogP contribution in [0.2, 0.25) is 0 Å². The van der Waals surface area contributed by atoms with Crippen LogP contribution in [0.25, 0.3) is 0 Å². The van der Waals surface area contributed by atoms with Crippen LogP contribution in [-0.4, -0.2) is 51.6 Å². The van der Waals surface area contributed by atoms with E-state index in [1.165, 1.54) is 69.9 Å². The van der Waals surface area contributed by atoms with E-state index in [1.807, 2.05) is 0 Å². The van der Waals surface area contributed by atoms with Gasteiger partial charge in [0.25, 0.3) is 0 Å². The summed E-state index contributed by atoms with van der Waals surface area (Å²) in [7, 11) is 4.57. The molecule has 0 bridgehead atoms. The fourth-order valence-electron chi connectivity index (χ4n) is 4.66. The molecule has 18 heteroatoms. The number of nitrogens with one attached hydrogen (secondary N) is 3. The van der Waals surface area contributed by atoms with Gasteiger partial charge in [0.15, 0.2) is 0 Å². The van der Waals surface area contributed by atoms with Gasteiger partial charge in [0.1, 0.15) is 52.2 Å². The summed E-state index contributed by atoms with van der Waals surface area (Å²) in [5, 5.41) is 37.8. The molecule has 0 saturated carbocycles. The highest BCUT2D eigenvalue weighted by Gasteiger charge is 2.10. The first kappa shape index (κ1) is 44.3. The molecule has 0 radical (unpaired) electrons. The SMILES string of the molecule is COc1cc(Br)cc(NCc2c(O)cccc2F)n1.COc1cc(Br)cc(NCc2cc(F)ccc2O)n1.COc1cc(Br)cc(NCc2ccc(F)cc2O)n1. The molecule has 0 fully saturated rings. The van der Waals surface area contributed by atoms with Gasteiger partial charge in [-0.05, 0) is 54.6 Å². The van der Waals surface area contributed by atoms with Crippen LogP contribution in [0.5, 0.6) is 34.9 Å². The van der Waals surface area contributed by atoms with Gasteiger partial charge in [0.2, 0.25) is 17.6 Å². The molecule has 0 atom stereocenters. The molecule has 300 valence electrons. The number of rotatable bonds is 12. The van der Waals surface area contributed by atoms with Gasteiger partial charge in [-0.1, -0.05) is 59.9 Å². The standard InChI is InChI=1S/3C13H12BrFN2O2/c1-19-13-6-9(14)5-12(17-13)16-7-8-4-10(15)2-3-11(8)18;1-19-13-5-9(14)4-12(17-13)16-7-8-2-3-10(15)6-11(8)18;1-19-13-6-8(14)5-12(17-13)16-7-9-10(15)3-2-4-11(9)18/h3*2-6,18H,7H2,1H3,(H,16,17). The predicted octanol–water partition coefficient (Wildman–Crippen LogP) is 9.93. The fourth-order valence-corrected chi connectivity index (χ4v) is 5.90. The minimum Gasteiger partial charge on any atom is -0.508 e. The lowest BCUT2D eigenvalue weighted by atomic mass is 10.2. The first-order chi connectivity index (χ1) is 27.3. The Kier molecular flexibility index (Phi) is 16.9. The van der Waals surface area contributed by atoms with Crippen molar-refractivity contribution < 1.29 is 42.7 Å². The van der Waals surface area contributed by atoms with E-state index >= 15 is 0 Å². The number of hydrogen-bond acceptors (Lipinski definition) is 12. The van der Waals surface area contributed by atoms with Gasteiger partial charge in [-0.25, -0.2) is 13.2 Å². The number of pyridine rings is 3. The van der Waals surface area contributed by atoms with Gasteiger partial charge >= 0.3 is 0 Å². The first-order valence-electron chi connectivity index (χ1n) is 16.5. The molecule has 6 aromatic rings. The first-order valence-corrected chi connectivity index (χ1v) is 18.9. The number of aromatic hydroxyl groups is 3. The van der Waals surface area contributed by atoms with Crippen molar-refractivity contribution in [3.8, 4) is 34.9 Å². The molecule has 0 aliphatic heterocycles. The van der Waals surface area contributed by atoms with E-state index in [1.54, 1.807) is 36.4 Å². The highest BCUT2D eigenvalue weighted by atomic mass is 79.9. The second-order valence-electron chi connectivity index (χ2n) is 11.5. The molecule has 0 saturated heterocycles. The second kappa shape index (κ2) is 21.7. The summed E-state index contributed by atoms with van der Waals surface area (Å²) in [5.74, 6) is 1.58. The number of anilines is 3. The van der Waals surface area contributed by atoms with Crippen molar-refractivity contribution in [3.63, 3.8) is 0 Å². The number of halogens is 6. The van der Waals surface area contributed by atoms with Crippen molar-refractivity contribution in [3.05, 3.63) is 139 Å². The van der Waals surface area contributed by atoms with Crippen LogP contribution in [0.4, 0.5) is 30.6 Å². The zero-order chi connectivity index (χ0) is 41.5. The van der Waals surface area contributed by atoms with Crippen LogP contribution in [0, 0.1) is 17.5 Å². The maximum atomic E-state index is 13.5. The van der Waals surface area contributed by atoms with Crippen molar-refractivity contribution in [1.29, 1.82) is 0 Å². The maximum absolute atomic E-state index is 13.5. The van der Waals surface area contributed by atoms with Gasteiger partial charge in [-0.2, -0.15) is 15.0 Å². The molecular weight excluding hydrogens is 945 g/mol. The van der Waals surface area contributed by atoms with E-state index in [0.29, 0.717) is 52.8 Å². The molecule has 12 nitrogen and oxygen atoms in total. The third-order valence-electron chi connectivity index (χ3n) is 7.48. The van der Waals surface area contributed by atoms with E-state index in [0.717, 1.165) is 19.5 Å². The highest BCUT2D eigenvalue weighted by Crippen LogP contribution is 2.26. The number of phenols is 3. The molecule has 0 amide bonds. The number of benzene rings is 3. The van der Waals surface area contributed by atoms with Crippen molar-refractivity contribution in [2.24, 2.45) is 0 Å². The van der Waals surface area contributed by atoms with Crippen LogP contribution in [0.3, 0.4) is 0 Å². The molecule has 3 aromatic carbocycles. The second-order valence-corrected chi connectivity index (χ2v) is 14.2. The molecule has 0 spiro atoms. The monoisotopic (exact) mass is 978 g/mol. The van der Waals surface area contributed by atoms with Gasteiger partial charge in [0.05, 0.1) is 21.3 Å². The number of ether oxygens (including phenoxy) is 3. The molecule has 0 unspecified atom stereocenters. The van der Waals surface area contributed by atoms with Crippen LogP contribution >= 0.6 is 47.8 Å². The Hall–Kier alpha value is -5.46. The lowest BCUT2D eigenvalue weighted by Crippen LogP contribution is -2.04. The highest BCUT2D eigenvalue weighted by molar-refractivity contribution is 9.11. The largest absolute Gasteiger partial charge is 0.508 e. The zero-order valence-corrected chi connectivity index (χ0v) is 35.2. The quantitative estimate of drug-likeness (QED) is 0.0690. The molecule has 3 aromatic heterocycles. The molecule has 6 rings (SSSR count). The van der Waals surface area contributed by atoms with Gasteiger partial charge in [-0.3, -0.25) is 0 Å². The normalized spacial score (nSPS) is 10.3. The lowest BCUT2D eigenvalue weighted by Gasteiger charge is -2.10. The Labute approximate surface area is 351 Å². The van der Waals surface area contributed by atoms with Gasteiger partial charge in [0, 0.05) is 74.0 Å². The van der Waals surface area contributed by atoms with Gasteiger partial charge < -0.3 is 45.5 Å². The summed E-state index contributed by atoms with van der Waals surface area (Å²) in [6, 6.07) is 22.3. The van der Waals surface area contributed by atoms with Gasteiger partial charge in [-0.15, -0.1) is 0 Å². The number of phenolic OH excluding ortho intramolecular Hbond substituents is 3. The zero-order valence-electron chi connectivity index (χ0n) is 30.5. The third kappa shape index (κ3) is 14.2. The minimum absolute atomic E-state index is 0.0378. The molecule has 0 aliphatic rings. The van der Waals surface area contributed by atoms with E-state index in [4.69, 9.17) is 14.2 Å². The van der Waals surface area contributed by atoms with E-state index in [2.05, 4.69) is 78.7 Å². The Morgan fingerprint density at radius 2 is 0.965 bits per heavy atom. The average Bonchev–Trinajstić information content (AvgIpc) is 3.17. The summed E-state index contributed by atoms with van der Waals surface area (Å²) < 4.78 is 57.0. The predicted molar refractivity (Wildman–Crippen MR) is 222 cm³/mol. The Morgan fingerprint density at radius 1 is 0.509 bits per heavy atom. The van der Waals surface area contributed by atoms with Crippen LogP contribution < -0.4 is 30.2 Å². The average molecular weight is 981 g/mol. The van der Waals surface area contributed by atoms with Crippen molar-refractivity contribution >= 4 is 65.2 Å². The molecule has 0 aliphatic carbocycles. The van der Waals surface area contributed by atoms with Crippen molar-refractivity contribution in [2.45, 2.75) is 19.6 Å². The summed E-state index contributed by atoms with van der Waals surface area (Å²) in [6.07, 6.45) is 0. The van der Waals surface area contributed by atoms with Crippen LogP contribution in [0.15, 0.2) is 104 Å². The molecule has 6 N–H and O–H groups in total. The summed E-state index contributed by atoms with van der Waals surface area (Å²) in [5.41, 5.74) is 1.24. The lowest BCUT2D eigenvalue weighted by molar-refractivity contribution is 0.398. The smallest absolute Gasteiger partial charge is 0.216 e. The van der Waals surface area contributed by atoms with E-state index in [9.17, 15) is 28.5 Å². The Bertz CT molecular complexity index is 2260. The third-order valence-corrected chi connectivity index (χ3v) is 8.85. The number of methoxy groups -OCH3 is 3. The number of nitrogens with zero attached hydrogens (tertiary/aromatic N) is 3. The Morgan fingerprint density at radius 3 is 1.44 bits per heavy atom. The summed E-state index contributed by atoms with van der Waals surface area (Å²) in [6.45, 7) is 0.722.